The fraction of sp³-hybridized carbons (Fsp3) is 0.278. The first-order valence-corrected chi connectivity index (χ1v) is 7.56. The van der Waals surface area contributed by atoms with Gasteiger partial charge in [-0.15, -0.1) is 0 Å². The number of ketones is 1. The van der Waals surface area contributed by atoms with Crippen LogP contribution in [0.3, 0.4) is 0 Å². The van der Waals surface area contributed by atoms with E-state index in [0.29, 0.717) is 12.1 Å². The highest BCUT2D eigenvalue weighted by atomic mass is 19.3. The van der Waals surface area contributed by atoms with E-state index in [1.165, 1.54) is 24.3 Å². The molecule has 0 unspecified atom stereocenters. The van der Waals surface area contributed by atoms with Crippen molar-refractivity contribution >= 4 is 5.78 Å². The highest BCUT2D eigenvalue weighted by Gasteiger charge is 2.69. The van der Waals surface area contributed by atoms with Crippen molar-refractivity contribution in [3.05, 3.63) is 59.7 Å². The number of carbonyl (C=O) groups excluding carboxylic acids is 1. The molecular weight excluding hydrogens is 378 g/mol. The van der Waals surface area contributed by atoms with Crippen molar-refractivity contribution in [2.75, 3.05) is 6.61 Å². The van der Waals surface area contributed by atoms with Gasteiger partial charge in [0, 0.05) is 18.1 Å². The number of aliphatic hydroxyl groups is 1. The van der Waals surface area contributed by atoms with Gasteiger partial charge in [0.25, 0.3) is 0 Å². The second-order valence-electron chi connectivity index (χ2n) is 5.77. The van der Waals surface area contributed by atoms with Crippen LogP contribution in [-0.2, 0) is 5.92 Å². The van der Waals surface area contributed by atoms with E-state index in [4.69, 9.17) is 9.84 Å². The fourth-order valence-electron chi connectivity index (χ4n) is 2.13. The SMILES string of the molecule is CC(F)(F)C(F)(F)C(F)(F)c1ccc(Oc2ccc(C(=O)CO)cc2)cc1. The molecule has 0 amide bonds. The Hall–Kier alpha value is -2.55. The molecule has 0 bridgehead atoms. The van der Waals surface area contributed by atoms with Gasteiger partial charge >= 0.3 is 17.8 Å². The number of hydrogen-bond acceptors (Lipinski definition) is 3. The molecule has 9 heteroatoms. The zero-order valence-corrected chi connectivity index (χ0v) is 13.9. The Morgan fingerprint density at radius 1 is 0.889 bits per heavy atom. The highest BCUT2D eigenvalue weighted by Crippen LogP contribution is 2.51. The summed E-state index contributed by atoms with van der Waals surface area (Å²) in [5.74, 6) is -15.9. The third kappa shape index (κ3) is 4.08. The standard InChI is InChI=1S/C18H14F6O3/c1-16(19,20)18(23,24)17(21,22)12-4-8-14(9-5-12)27-13-6-2-11(3-7-13)15(26)10-25/h2-9,25H,10H2,1H3. The summed E-state index contributed by atoms with van der Waals surface area (Å²) in [6.07, 6.45) is 0. The van der Waals surface area contributed by atoms with Gasteiger partial charge in [0.05, 0.1) is 0 Å². The molecule has 0 fully saturated rings. The second-order valence-corrected chi connectivity index (χ2v) is 5.77. The molecule has 146 valence electrons. The normalized spacial score (nSPS) is 12.7. The van der Waals surface area contributed by atoms with Gasteiger partial charge in [-0.1, -0.05) is 0 Å². The van der Waals surface area contributed by atoms with Crippen molar-refractivity contribution in [2.24, 2.45) is 0 Å². The predicted molar refractivity (Wildman–Crippen MR) is 83.8 cm³/mol. The van der Waals surface area contributed by atoms with E-state index in [9.17, 15) is 31.1 Å². The second kappa shape index (κ2) is 7.22. The number of halogens is 6. The summed E-state index contributed by atoms with van der Waals surface area (Å²) in [5.41, 5.74) is -1.06. The van der Waals surface area contributed by atoms with Gasteiger partial charge in [-0.2, -0.15) is 26.3 Å². The van der Waals surface area contributed by atoms with Gasteiger partial charge in [-0.05, 0) is 48.5 Å². The van der Waals surface area contributed by atoms with Crippen molar-refractivity contribution < 1.29 is 41.0 Å². The van der Waals surface area contributed by atoms with E-state index in [1.807, 2.05) is 0 Å². The number of rotatable bonds is 7. The number of aliphatic hydroxyl groups excluding tert-OH is 1. The summed E-state index contributed by atoms with van der Waals surface area (Å²) in [6, 6.07) is 8.46. The average molecular weight is 392 g/mol. The van der Waals surface area contributed by atoms with Crippen LogP contribution in [0.5, 0.6) is 11.5 Å². The summed E-state index contributed by atoms with van der Waals surface area (Å²) >= 11 is 0. The van der Waals surface area contributed by atoms with E-state index in [1.54, 1.807) is 0 Å². The molecule has 3 nitrogen and oxygen atoms in total. The number of ether oxygens (including phenoxy) is 1. The summed E-state index contributed by atoms with van der Waals surface area (Å²) in [6.45, 7) is -0.944. The molecule has 2 aromatic carbocycles. The van der Waals surface area contributed by atoms with E-state index >= 15 is 0 Å². The zero-order chi connectivity index (χ0) is 20.5. The first-order chi connectivity index (χ1) is 12.4. The number of benzene rings is 2. The molecule has 0 radical (unpaired) electrons. The molecule has 0 aliphatic heterocycles. The Labute approximate surface area is 150 Å². The smallest absolute Gasteiger partial charge is 0.375 e. The van der Waals surface area contributed by atoms with Gasteiger partial charge in [-0.25, -0.2) is 0 Å². The van der Waals surface area contributed by atoms with Gasteiger partial charge in [0.1, 0.15) is 18.1 Å². The van der Waals surface area contributed by atoms with E-state index in [2.05, 4.69) is 0 Å². The van der Waals surface area contributed by atoms with Crippen LogP contribution < -0.4 is 4.74 Å². The van der Waals surface area contributed by atoms with Crippen molar-refractivity contribution in [2.45, 2.75) is 24.7 Å². The van der Waals surface area contributed by atoms with Crippen LogP contribution in [0.1, 0.15) is 22.8 Å². The topological polar surface area (TPSA) is 46.5 Å². The monoisotopic (exact) mass is 392 g/mol. The summed E-state index contributed by atoms with van der Waals surface area (Å²) < 4.78 is 85.5. The Bertz CT molecular complexity index is 795. The molecule has 0 aliphatic rings. The fourth-order valence-corrected chi connectivity index (χ4v) is 2.13. The lowest BCUT2D eigenvalue weighted by Crippen LogP contribution is -2.50. The van der Waals surface area contributed by atoms with Gasteiger partial charge in [-0.3, -0.25) is 4.79 Å². The van der Waals surface area contributed by atoms with Crippen LogP contribution in [0.4, 0.5) is 26.3 Å². The maximum atomic E-state index is 13.8. The minimum atomic E-state index is -5.57. The first-order valence-electron chi connectivity index (χ1n) is 7.56. The number of Topliss-reactive ketones (excluding diaryl/α,β-unsaturated/α-hetero) is 1. The van der Waals surface area contributed by atoms with Crippen molar-refractivity contribution in [1.82, 2.24) is 0 Å². The largest absolute Gasteiger partial charge is 0.457 e. The molecule has 27 heavy (non-hydrogen) atoms. The maximum absolute atomic E-state index is 13.8. The van der Waals surface area contributed by atoms with E-state index in [-0.39, 0.29) is 24.0 Å². The summed E-state index contributed by atoms with van der Waals surface area (Å²) in [5, 5.41) is 8.75. The quantitative estimate of drug-likeness (QED) is 0.531. The van der Waals surface area contributed by atoms with E-state index < -0.39 is 35.7 Å². The van der Waals surface area contributed by atoms with Crippen LogP contribution in [0.25, 0.3) is 0 Å². The molecule has 2 rings (SSSR count). The molecule has 2 aromatic rings. The molecule has 1 N–H and O–H groups in total. The third-order valence-electron chi connectivity index (χ3n) is 3.72. The average Bonchev–Trinajstić information content (AvgIpc) is 2.61. The van der Waals surface area contributed by atoms with Crippen LogP contribution in [0.2, 0.25) is 0 Å². The third-order valence-corrected chi connectivity index (χ3v) is 3.72. The lowest BCUT2D eigenvalue weighted by atomic mass is 9.98. The van der Waals surface area contributed by atoms with Gasteiger partial charge in [0.15, 0.2) is 5.78 Å². The molecule has 0 atom stereocenters. The number of carbonyl (C=O) groups is 1. The van der Waals surface area contributed by atoms with Gasteiger partial charge < -0.3 is 9.84 Å². The summed E-state index contributed by atoms with van der Waals surface area (Å²) in [7, 11) is 0. The first kappa shape index (κ1) is 20.8. The van der Waals surface area contributed by atoms with Crippen molar-refractivity contribution in [3.63, 3.8) is 0 Å². The lowest BCUT2D eigenvalue weighted by molar-refractivity contribution is -0.308. The minimum absolute atomic E-state index is 0.0117. The molecule has 0 aliphatic carbocycles. The van der Waals surface area contributed by atoms with Crippen LogP contribution in [0, 0.1) is 0 Å². The van der Waals surface area contributed by atoms with Crippen LogP contribution in [-0.4, -0.2) is 29.3 Å². The lowest BCUT2D eigenvalue weighted by Gasteiger charge is -2.31. The minimum Gasteiger partial charge on any atom is -0.457 e. The maximum Gasteiger partial charge on any atom is 0.375 e. The number of alkyl halides is 6. The van der Waals surface area contributed by atoms with Crippen LogP contribution in [0.15, 0.2) is 48.5 Å². The molecule has 0 saturated carbocycles. The molecular formula is C18H14F6O3. The molecule has 0 saturated heterocycles. The van der Waals surface area contributed by atoms with E-state index in [0.717, 1.165) is 12.1 Å². The highest BCUT2D eigenvalue weighted by molar-refractivity contribution is 5.96. The summed E-state index contributed by atoms with van der Waals surface area (Å²) in [4.78, 5) is 11.3. The Morgan fingerprint density at radius 3 is 1.74 bits per heavy atom. The predicted octanol–water partition coefficient (Wildman–Crippen LogP) is 5.04. The van der Waals surface area contributed by atoms with Crippen molar-refractivity contribution in [1.29, 1.82) is 0 Å². The molecule has 0 aromatic heterocycles. The Kier molecular flexibility index (Phi) is 5.55. The Balaban J connectivity index is 2.19. The number of hydrogen-bond donors (Lipinski definition) is 1. The zero-order valence-electron chi connectivity index (χ0n) is 13.9. The molecule has 0 spiro atoms. The van der Waals surface area contributed by atoms with Crippen molar-refractivity contribution in [3.8, 4) is 11.5 Å². The molecule has 0 heterocycles. The Morgan fingerprint density at radius 2 is 1.33 bits per heavy atom. The van der Waals surface area contributed by atoms with Gasteiger partial charge in [0.2, 0.25) is 0 Å². The van der Waals surface area contributed by atoms with Crippen LogP contribution >= 0.6 is 0 Å².